The number of carboxylic acids is 1. The van der Waals surface area contributed by atoms with Crippen LogP contribution in [0.15, 0.2) is 16.6 Å². The molecule has 19 heavy (non-hydrogen) atoms. The van der Waals surface area contributed by atoms with Crippen molar-refractivity contribution in [1.82, 2.24) is 5.32 Å². The lowest BCUT2D eigenvalue weighted by molar-refractivity contribution is 0.0697. The Hall–Kier alpha value is -1.11. The summed E-state index contributed by atoms with van der Waals surface area (Å²) in [4.78, 5) is 11.1. The van der Waals surface area contributed by atoms with E-state index < -0.39 is 12.1 Å². The second-order valence-corrected chi connectivity index (χ2v) is 6.27. The van der Waals surface area contributed by atoms with Crippen LogP contribution in [-0.2, 0) is 0 Å². The number of aromatic carboxylic acids is 1. The maximum atomic E-state index is 11.1. The third kappa shape index (κ3) is 4.49. The van der Waals surface area contributed by atoms with Gasteiger partial charge in [-0.1, -0.05) is 0 Å². The van der Waals surface area contributed by atoms with E-state index in [1.54, 1.807) is 6.07 Å². The van der Waals surface area contributed by atoms with Crippen LogP contribution < -0.4 is 11.1 Å². The quantitative estimate of drug-likeness (QED) is 0.634. The summed E-state index contributed by atoms with van der Waals surface area (Å²) in [5.74, 6) is -1.11. The second kappa shape index (κ2) is 5.90. The first kappa shape index (κ1) is 15.9. The molecule has 0 spiro atoms. The van der Waals surface area contributed by atoms with Crippen molar-refractivity contribution in [3.63, 3.8) is 0 Å². The number of aliphatic hydroxyl groups is 1. The Bertz CT molecular complexity index is 484. The molecule has 0 saturated carbocycles. The maximum Gasteiger partial charge on any atom is 0.337 e. The molecule has 0 aliphatic rings. The Labute approximate surface area is 120 Å². The minimum absolute atomic E-state index is 0.0146. The van der Waals surface area contributed by atoms with E-state index in [0.29, 0.717) is 16.6 Å². The molecule has 0 aliphatic heterocycles. The van der Waals surface area contributed by atoms with E-state index in [9.17, 15) is 9.90 Å². The summed E-state index contributed by atoms with van der Waals surface area (Å²) in [6.07, 6.45) is -0.797. The van der Waals surface area contributed by atoms with E-state index >= 15 is 0 Å². The molecule has 1 atom stereocenters. The fourth-order valence-corrected chi connectivity index (χ4v) is 2.01. The van der Waals surface area contributed by atoms with Gasteiger partial charge >= 0.3 is 5.97 Å². The Morgan fingerprint density at radius 1 is 1.47 bits per heavy atom. The van der Waals surface area contributed by atoms with Crippen LogP contribution in [0.4, 0.5) is 5.69 Å². The van der Waals surface area contributed by atoms with Crippen LogP contribution in [-0.4, -0.2) is 28.3 Å². The fraction of sp³-hybridized carbons (Fsp3) is 0.462. The number of carboxylic acid groups (broad SMARTS) is 1. The Kier molecular flexibility index (Phi) is 4.95. The molecule has 0 aliphatic carbocycles. The van der Waals surface area contributed by atoms with Gasteiger partial charge in [-0.05, 0) is 54.4 Å². The molecule has 0 amide bonds. The van der Waals surface area contributed by atoms with Gasteiger partial charge in [-0.15, -0.1) is 0 Å². The molecule has 1 rings (SSSR count). The van der Waals surface area contributed by atoms with Crippen LogP contribution in [0.1, 0.15) is 42.8 Å². The van der Waals surface area contributed by atoms with Gasteiger partial charge in [0.1, 0.15) is 0 Å². The number of hydrogen-bond donors (Lipinski definition) is 4. The largest absolute Gasteiger partial charge is 0.478 e. The first-order chi connectivity index (χ1) is 8.61. The van der Waals surface area contributed by atoms with Gasteiger partial charge in [-0.25, -0.2) is 4.79 Å². The van der Waals surface area contributed by atoms with Crippen molar-refractivity contribution in [2.24, 2.45) is 0 Å². The molecule has 1 unspecified atom stereocenters. The number of benzene rings is 1. The first-order valence-corrected chi connectivity index (χ1v) is 6.66. The van der Waals surface area contributed by atoms with Crippen LogP contribution in [0.3, 0.4) is 0 Å². The van der Waals surface area contributed by atoms with Crippen molar-refractivity contribution in [1.29, 1.82) is 0 Å². The van der Waals surface area contributed by atoms with E-state index in [4.69, 9.17) is 10.8 Å². The number of nitrogens with one attached hydrogen (secondary N) is 1. The van der Waals surface area contributed by atoms with Crippen LogP contribution in [0.25, 0.3) is 0 Å². The van der Waals surface area contributed by atoms with Gasteiger partial charge in [0, 0.05) is 16.6 Å². The summed E-state index contributed by atoms with van der Waals surface area (Å²) >= 11 is 3.20. The van der Waals surface area contributed by atoms with Gasteiger partial charge in [0.2, 0.25) is 0 Å². The lowest BCUT2D eigenvalue weighted by Gasteiger charge is -2.23. The first-order valence-electron chi connectivity index (χ1n) is 5.87. The van der Waals surface area contributed by atoms with Crippen molar-refractivity contribution in [3.8, 4) is 0 Å². The summed E-state index contributed by atoms with van der Waals surface area (Å²) in [5, 5.41) is 22.3. The SMILES string of the molecule is CC(C)(C)NCC(O)c1cc(Br)c(N)c(C(=O)O)c1. The van der Waals surface area contributed by atoms with Gasteiger partial charge in [0.25, 0.3) is 0 Å². The topological polar surface area (TPSA) is 95.6 Å². The molecule has 0 heterocycles. The van der Waals surface area contributed by atoms with Gasteiger partial charge in [-0.2, -0.15) is 0 Å². The van der Waals surface area contributed by atoms with Crippen molar-refractivity contribution in [3.05, 3.63) is 27.7 Å². The zero-order chi connectivity index (χ0) is 14.8. The van der Waals surface area contributed by atoms with Crippen LogP contribution >= 0.6 is 15.9 Å². The average Bonchev–Trinajstić information content (AvgIpc) is 2.28. The van der Waals surface area contributed by atoms with E-state index in [-0.39, 0.29) is 16.8 Å². The standard InChI is InChI=1S/C13H19BrN2O3/c1-13(2,3)16-6-10(17)7-4-8(12(18)19)11(15)9(14)5-7/h4-5,10,16-17H,6,15H2,1-3H3,(H,18,19). The molecule has 0 bridgehead atoms. The summed E-state index contributed by atoms with van der Waals surface area (Å²) in [6, 6.07) is 3.04. The number of carbonyl (C=O) groups is 1. The minimum Gasteiger partial charge on any atom is -0.478 e. The predicted molar refractivity (Wildman–Crippen MR) is 78.2 cm³/mol. The lowest BCUT2D eigenvalue weighted by atomic mass is 10.0. The fourth-order valence-electron chi connectivity index (χ4n) is 1.53. The summed E-state index contributed by atoms with van der Waals surface area (Å²) in [7, 11) is 0. The van der Waals surface area contributed by atoms with Crippen molar-refractivity contribution >= 4 is 27.6 Å². The molecular weight excluding hydrogens is 312 g/mol. The third-order valence-corrected chi connectivity index (χ3v) is 3.25. The molecule has 6 heteroatoms. The molecule has 0 saturated heterocycles. The molecule has 5 nitrogen and oxygen atoms in total. The highest BCUT2D eigenvalue weighted by molar-refractivity contribution is 9.10. The van der Waals surface area contributed by atoms with E-state index in [0.717, 1.165) is 0 Å². The van der Waals surface area contributed by atoms with Crippen LogP contribution in [0.5, 0.6) is 0 Å². The summed E-state index contributed by atoms with van der Waals surface area (Å²) in [6.45, 7) is 6.29. The minimum atomic E-state index is -1.11. The Morgan fingerprint density at radius 2 is 2.05 bits per heavy atom. The molecular formula is C13H19BrN2O3. The lowest BCUT2D eigenvalue weighted by Crippen LogP contribution is -2.38. The van der Waals surface area contributed by atoms with Crippen LogP contribution in [0.2, 0.25) is 0 Å². The van der Waals surface area contributed by atoms with Gasteiger partial charge < -0.3 is 21.3 Å². The predicted octanol–water partition coefficient (Wildman–Crippen LogP) is 2.15. The average molecular weight is 331 g/mol. The van der Waals surface area contributed by atoms with Gasteiger partial charge in [-0.3, -0.25) is 0 Å². The number of nitrogen functional groups attached to an aromatic ring is 1. The number of halogens is 1. The highest BCUT2D eigenvalue weighted by Gasteiger charge is 2.18. The molecule has 0 aromatic heterocycles. The number of aliphatic hydroxyl groups excluding tert-OH is 1. The molecule has 1 aromatic carbocycles. The number of hydrogen-bond acceptors (Lipinski definition) is 4. The van der Waals surface area contributed by atoms with E-state index in [1.165, 1.54) is 6.07 Å². The zero-order valence-electron chi connectivity index (χ0n) is 11.2. The second-order valence-electron chi connectivity index (χ2n) is 5.42. The third-order valence-electron chi connectivity index (χ3n) is 2.59. The Balaban J connectivity index is 2.98. The Morgan fingerprint density at radius 3 is 2.53 bits per heavy atom. The van der Waals surface area contributed by atoms with E-state index in [1.807, 2.05) is 20.8 Å². The summed E-state index contributed by atoms with van der Waals surface area (Å²) in [5.41, 5.74) is 6.20. The molecule has 106 valence electrons. The number of β-amino-alcohol motifs (C(OH)–C–C–N with tert-alkyl or cyclic N) is 1. The monoisotopic (exact) mass is 330 g/mol. The molecule has 0 fully saturated rings. The molecule has 5 N–H and O–H groups in total. The number of rotatable bonds is 4. The van der Waals surface area contributed by atoms with Crippen molar-refractivity contribution in [2.75, 3.05) is 12.3 Å². The van der Waals surface area contributed by atoms with Crippen molar-refractivity contribution in [2.45, 2.75) is 32.4 Å². The maximum absolute atomic E-state index is 11.1. The molecule has 0 radical (unpaired) electrons. The molecule has 1 aromatic rings. The normalized spacial score (nSPS) is 13.3. The van der Waals surface area contributed by atoms with Crippen molar-refractivity contribution < 1.29 is 15.0 Å². The zero-order valence-corrected chi connectivity index (χ0v) is 12.8. The van der Waals surface area contributed by atoms with E-state index in [2.05, 4.69) is 21.2 Å². The van der Waals surface area contributed by atoms with Gasteiger partial charge in [0.15, 0.2) is 0 Å². The van der Waals surface area contributed by atoms with Gasteiger partial charge in [0.05, 0.1) is 17.4 Å². The highest BCUT2D eigenvalue weighted by atomic mass is 79.9. The number of nitrogens with two attached hydrogens (primary N) is 1. The summed E-state index contributed by atoms with van der Waals surface area (Å²) < 4.78 is 0.470. The number of anilines is 1. The smallest absolute Gasteiger partial charge is 0.337 e. The van der Waals surface area contributed by atoms with Crippen LogP contribution in [0, 0.1) is 0 Å². The highest BCUT2D eigenvalue weighted by Crippen LogP contribution is 2.28.